The van der Waals surface area contributed by atoms with Crippen molar-refractivity contribution in [3.8, 4) is 0 Å². The van der Waals surface area contributed by atoms with E-state index in [9.17, 15) is 13.2 Å². The number of hydrogen-bond acceptors (Lipinski definition) is 5. The molecule has 8 heteroatoms. The molecular formula is C23H36N4O3S. The Morgan fingerprint density at radius 1 is 1.00 bits per heavy atom. The summed E-state index contributed by atoms with van der Waals surface area (Å²) in [5.41, 5.74) is 0.377. The quantitative estimate of drug-likeness (QED) is 0.662. The molecule has 3 aliphatic rings. The number of amides is 1. The van der Waals surface area contributed by atoms with Crippen LogP contribution in [0.5, 0.6) is 0 Å². The summed E-state index contributed by atoms with van der Waals surface area (Å²) in [7, 11) is -1.99. The number of para-hydroxylation sites is 1. The summed E-state index contributed by atoms with van der Waals surface area (Å²) in [6, 6.07) is 6.81. The SMILES string of the molecule is CN(C1CCCCC1)S(=O)(=O)c1ccccc1NC(=O)CN1CCN(CC2CC2)CC1. The topological polar surface area (TPSA) is 73.0 Å². The van der Waals surface area contributed by atoms with Crippen LogP contribution in [-0.4, -0.2) is 80.8 Å². The summed E-state index contributed by atoms with van der Waals surface area (Å²) in [6.07, 6.45) is 7.83. The predicted molar refractivity (Wildman–Crippen MR) is 122 cm³/mol. The molecule has 1 saturated heterocycles. The number of carbonyl (C=O) groups is 1. The third-order valence-corrected chi connectivity index (χ3v) is 8.92. The van der Waals surface area contributed by atoms with Gasteiger partial charge in [-0.3, -0.25) is 9.69 Å². The maximum absolute atomic E-state index is 13.3. The zero-order valence-electron chi connectivity index (χ0n) is 18.6. The molecule has 1 aromatic rings. The van der Waals surface area contributed by atoms with E-state index in [2.05, 4.69) is 15.1 Å². The van der Waals surface area contributed by atoms with Gasteiger partial charge >= 0.3 is 0 Å². The highest BCUT2D eigenvalue weighted by Gasteiger charge is 2.31. The summed E-state index contributed by atoms with van der Waals surface area (Å²) in [5.74, 6) is 0.735. The van der Waals surface area contributed by atoms with Crippen molar-refractivity contribution in [1.29, 1.82) is 0 Å². The molecule has 7 nitrogen and oxygen atoms in total. The minimum atomic E-state index is -3.66. The van der Waals surface area contributed by atoms with Crippen molar-refractivity contribution in [2.24, 2.45) is 5.92 Å². The number of piperazine rings is 1. The van der Waals surface area contributed by atoms with Crippen LogP contribution < -0.4 is 5.32 Å². The molecule has 0 aromatic heterocycles. The maximum Gasteiger partial charge on any atom is 0.245 e. The maximum atomic E-state index is 13.3. The average molecular weight is 449 g/mol. The zero-order valence-corrected chi connectivity index (χ0v) is 19.4. The highest BCUT2D eigenvalue weighted by Crippen LogP contribution is 2.31. The Kier molecular flexibility index (Phi) is 7.31. The third-order valence-electron chi connectivity index (χ3n) is 6.95. The van der Waals surface area contributed by atoms with Gasteiger partial charge in [-0.1, -0.05) is 31.4 Å². The number of carbonyl (C=O) groups excluding carboxylic acids is 1. The second-order valence-electron chi connectivity index (χ2n) is 9.38. The number of rotatable bonds is 8. The van der Waals surface area contributed by atoms with Crippen molar-refractivity contribution in [3.05, 3.63) is 24.3 Å². The molecule has 2 aliphatic carbocycles. The van der Waals surface area contributed by atoms with E-state index in [1.807, 2.05) is 0 Å². The smallest absolute Gasteiger partial charge is 0.245 e. The van der Waals surface area contributed by atoms with Gasteiger partial charge in [-0.05, 0) is 43.7 Å². The van der Waals surface area contributed by atoms with Crippen molar-refractivity contribution in [1.82, 2.24) is 14.1 Å². The third kappa shape index (κ3) is 5.86. The highest BCUT2D eigenvalue weighted by atomic mass is 32.2. The van der Waals surface area contributed by atoms with E-state index in [0.29, 0.717) is 12.2 Å². The molecule has 1 N–H and O–H groups in total. The first kappa shape index (κ1) is 22.7. The minimum absolute atomic E-state index is 0.0365. The Labute approximate surface area is 186 Å². The Balaban J connectivity index is 1.36. The molecule has 0 bridgehead atoms. The number of hydrogen-bond donors (Lipinski definition) is 1. The minimum Gasteiger partial charge on any atom is -0.324 e. The van der Waals surface area contributed by atoms with Gasteiger partial charge in [0.1, 0.15) is 4.90 Å². The van der Waals surface area contributed by atoms with Crippen LogP contribution >= 0.6 is 0 Å². The van der Waals surface area contributed by atoms with Crippen LogP contribution in [0.1, 0.15) is 44.9 Å². The first-order valence-electron chi connectivity index (χ1n) is 11.7. The lowest BCUT2D eigenvalue weighted by Gasteiger charge is -2.34. The van der Waals surface area contributed by atoms with E-state index in [1.54, 1.807) is 31.3 Å². The monoisotopic (exact) mass is 448 g/mol. The Hall–Kier alpha value is -1.48. The van der Waals surface area contributed by atoms with E-state index < -0.39 is 10.0 Å². The van der Waals surface area contributed by atoms with Crippen LogP contribution in [0.15, 0.2) is 29.2 Å². The number of benzene rings is 1. The average Bonchev–Trinajstić information content (AvgIpc) is 3.59. The van der Waals surface area contributed by atoms with Crippen molar-refractivity contribution < 1.29 is 13.2 Å². The summed E-state index contributed by atoms with van der Waals surface area (Å²) < 4.78 is 28.1. The first-order valence-corrected chi connectivity index (χ1v) is 13.2. The van der Waals surface area contributed by atoms with Crippen molar-refractivity contribution in [3.63, 3.8) is 0 Å². The standard InChI is InChI=1S/C23H36N4O3S/c1-25(20-7-3-2-4-8-20)31(29,30)22-10-6-5-9-21(22)24-23(28)18-27-15-13-26(14-16-27)17-19-11-12-19/h5-6,9-10,19-20H,2-4,7-8,11-18H2,1H3,(H,24,28). The fourth-order valence-corrected chi connectivity index (χ4v) is 6.34. The molecule has 1 heterocycles. The Morgan fingerprint density at radius 2 is 1.65 bits per heavy atom. The van der Waals surface area contributed by atoms with Gasteiger partial charge in [-0.2, -0.15) is 4.31 Å². The second-order valence-corrected chi connectivity index (χ2v) is 11.3. The molecule has 0 radical (unpaired) electrons. The molecule has 0 unspecified atom stereocenters. The van der Waals surface area contributed by atoms with Crippen LogP contribution in [0, 0.1) is 5.92 Å². The van der Waals surface area contributed by atoms with Crippen molar-refractivity contribution in [2.75, 3.05) is 51.6 Å². The van der Waals surface area contributed by atoms with Gasteiger partial charge in [-0.25, -0.2) is 8.42 Å². The van der Waals surface area contributed by atoms with E-state index in [1.165, 1.54) is 30.1 Å². The molecule has 3 fully saturated rings. The lowest BCUT2D eigenvalue weighted by Crippen LogP contribution is -2.49. The first-order chi connectivity index (χ1) is 14.9. The molecule has 172 valence electrons. The van der Waals surface area contributed by atoms with Crippen LogP contribution in [0.25, 0.3) is 0 Å². The predicted octanol–water partition coefficient (Wildman–Crippen LogP) is 2.61. The summed E-state index contributed by atoms with van der Waals surface area (Å²) in [6.45, 7) is 5.25. The summed E-state index contributed by atoms with van der Waals surface area (Å²) >= 11 is 0. The van der Waals surface area contributed by atoms with Crippen molar-refractivity contribution >= 4 is 21.6 Å². The number of nitrogens with zero attached hydrogens (tertiary/aromatic N) is 3. The lowest BCUT2D eigenvalue weighted by molar-refractivity contribution is -0.117. The molecule has 0 spiro atoms. The second kappa shape index (κ2) is 9.98. The van der Waals surface area contributed by atoms with Crippen LogP contribution in [0.3, 0.4) is 0 Å². The summed E-state index contributed by atoms with van der Waals surface area (Å²) in [5, 5.41) is 2.88. The largest absolute Gasteiger partial charge is 0.324 e. The van der Waals surface area contributed by atoms with E-state index in [4.69, 9.17) is 0 Å². The van der Waals surface area contributed by atoms with Gasteiger partial charge in [-0.15, -0.1) is 0 Å². The molecule has 2 saturated carbocycles. The molecule has 31 heavy (non-hydrogen) atoms. The molecule has 1 amide bonds. The molecule has 1 aliphatic heterocycles. The van der Waals surface area contributed by atoms with Gasteiger partial charge in [0.05, 0.1) is 12.2 Å². The van der Waals surface area contributed by atoms with Crippen molar-refractivity contribution in [2.45, 2.75) is 55.9 Å². The number of nitrogens with one attached hydrogen (secondary N) is 1. The van der Waals surface area contributed by atoms with Crippen LogP contribution in [0.4, 0.5) is 5.69 Å². The van der Waals surface area contributed by atoms with Gasteiger partial charge in [0.15, 0.2) is 0 Å². The Morgan fingerprint density at radius 3 is 2.32 bits per heavy atom. The zero-order chi connectivity index (χ0) is 21.8. The van der Waals surface area contributed by atoms with Gasteiger partial charge in [0.25, 0.3) is 0 Å². The van der Waals surface area contributed by atoms with Gasteiger partial charge in [0, 0.05) is 45.8 Å². The van der Waals surface area contributed by atoms with E-state index in [-0.39, 0.29) is 16.8 Å². The fourth-order valence-electron chi connectivity index (χ4n) is 4.78. The molecule has 4 rings (SSSR count). The normalized spacial score (nSPS) is 22.0. The van der Waals surface area contributed by atoms with E-state index in [0.717, 1.165) is 57.8 Å². The molecule has 1 aromatic carbocycles. The number of anilines is 1. The van der Waals surface area contributed by atoms with Crippen LogP contribution in [-0.2, 0) is 14.8 Å². The molecule has 0 atom stereocenters. The van der Waals surface area contributed by atoms with Gasteiger partial charge in [0.2, 0.25) is 15.9 Å². The Bertz CT molecular complexity index is 857. The van der Waals surface area contributed by atoms with E-state index >= 15 is 0 Å². The fraction of sp³-hybridized carbons (Fsp3) is 0.696. The lowest BCUT2D eigenvalue weighted by atomic mass is 9.96. The van der Waals surface area contributed by atoms with Crippen LogP contribution in [0.2, 0.25) is 0 Å². The molecular weight excluding hydrogens is 412 g/mol. The highest BCUT2D eigenvalue weighted by molar-refractivity contribution is 7.89. The van der Waals surface area contributed by atoms with Gasteiger partial charge < -0.3 is 10.2 Å². The number of sulfonamides is 1. The summed E-state index contributed by atoms with van der Waals surface area (Å²) in [4.78, 5) is 17.6.